The van der Waals surface area contributed by atoms with Gasteiger partial charge in [0.05, 0.1) is 13.2 Å². The maximum absolute atomic E-state index is 12.4. The SMILES string of the molecule is CC1(C2(C(=O)NCc3ccccc3)CC2)OCCO1. The van der Waals surface area contributed by atoms with Gasteiger partial charge in [-0.05, 0) is 25.3 Å². The Labute approximate surface area is 113 Å². The van der Waals surface area contributed by atoms with Crippen molar-refractivity contribution in [3.05, 3.63) is 35.9 Å². The second-order valence-corrected chi connectivity index (χ2v) is 5.39. The van der Waals surface area contributed by atoms with Crippen LogP contribution in [-0.2, 0) is 20.8 Å². The van der Waals surface area contributed by atoms with E-state index in [1.807, 2.05) is 37.3 Å². The first kappa shape index (κ1) is 12.6. The smallest absolute Gasteiger partial charge is 0.231 e. The Morgan fingerprint density at radius 2 is 1.84 bits per heavy atom. The molecular formula is C15H19NO3. The van der Waals surface area contributed by atoms with Crippen molar-refractivity contribution >= 4 is 5.91 Å². The van der Waals surface area contributed by atoms with Crippen molar-refractivity contribution in [2.45, 2.75) is 32.1 Å². The fourth-order valence-electron chi connectivity index (χ4n) is 2.75. The molecule has 0 radical (unpaired) electrons. The van der Waals surface area contributed by atoms with E-state index in [4.69, 9.17) is 9.47 Å². The Bertz CT molecular complexity index is 462. The molecule has 2 aliphatic rings. The molecule has 1 aliphatic heterocycles. The van der Waals surface area contributed by atoms with Gasteiger partial charge in [0.2, 0.25) is 5.91 Å². The van der Waals surface area contributed by atoms with Crippen LogP contribution in [0.25, 0.3) is 0 Å². The molecule has 4 nitrogen and oxygen atoms in total. The van der Waals surface area contributed by atoms with Crippen LogP contribution in [0.1, 0.15) is 25.3 Å². The molecule has 0 bridgehead atoms. The van der Waals surface area contributed by atoms with Gasteiger partial charge in [-0.15, -0.1) is 0 Å². The molecule has 1 heterocycles. The van der Waals surface area contributed by atoms with Gasteiger partial charge in [0.15, 0.2) is 5.79 Å². The van der Waals surface area contributed by atoms with Crippen LogP contribution < -0.4 is 5.32 Å². The number of carbonyl (C=O) groups excluding carboxylic acids is 1. The van der Waals surface area contributed by atoms with Crippen LogP contribution in [0.15, 0.2) is 30.3 Å². The zero-order valence-electron chi connectivity index (χ0n) is 11.1. The average molecular weight is 261 g/mol. The number of hydrogen-bond donors (Lipinski definition) is 1. The van der Waals surface area contributed by atoms with E-state index in [-0.39, 0.29) is 5.91 Å². The number of amides is 1. The van der Waals surface area contributed by atoms with E-state index in [9.17, 15) is 4.79 Å². The minimum Gasteiger partial charge on any atom is -0.351 e. The zero-order valence-corrected chi connectivity index (χ0v) is 11.1. The number of carbonyl (C=O) groups is 1. The summed E-state index contributed by atoms with van der Waals surface area (Å²) in [7, 11) is 0. The molecule has 1 aromatic carbocycles. The monoisotopic (exact) mass is 261 g/mol. The van der Waals surface area contributed by atoms with Crippen LogP contribution in [-0.4, -0.2) is 24.9 Å². The van der Waals surface area contributed by atoms with Gasteiger partial charge >= 0.3 is 0 Å². The van der Waals surface area contributed by atoms with E-state index in [1.165, 1.54) is 0 Å². The lowest BCUT2D eigenvalue weighted by molar-refractivity contribution is -0.196. The van der Waals surface area contributed by atoms with Crippen LogP contribution in [0.3, 0.4) is 0 Å². The first-order valence-electron chi connectivity index (χ1n) is 6.76. The zero-order chi connectivity index (χ0) is 13.3. The molecule has 1 amide bonds. The molecule has 1 aliphatic carbocycles. The molecule has 0 atom stereocenters. The predicted molar refractivity (Wildman–Crippen MR) is 70.3 cm³/mol. The molecule has 4 heteroatoms. The van der Waals surface area contributed by atoms with Crippen LogP contribution in [0.5, 0.6) is 0 Å². The average Bonchev–Trinajstić information content (AvgIpc) is 3.15. The fourth-order valence-corrected chi connectivity index (χ4v) is 2.75. The predicted octanol–water partition coefficient (Wildman–Crippen LogP) is 1.85. The van der Waals surface area contributed by atoms with Gasteiger partial charge in [-0.1, -0.05) is 30.3 Å². The summed E-state index contributed by atoms with van der Waals surface area (Å²) in [6.07, 6.45) is 1.67. The summed E-state index contributed by atoms with van der Waals surface area (Å²) in [5.41, 5.74) is 0.614. The summed E-state index contributed by atoms with van der Waals surface area (Å²) in [5, 5.41) is 3.00. The first-order chi connectivity index (χ1) is 9.16. The number of hydrogen-bond acceptors (Lipinski definition) is 3. The summed E-state index contributed by atoms with van der Waals surface area (Å²) >= 11 is 0. The van der Waals surface area contributed by atoms with Gasteiger partial charge < -0.3 is 14.8 Å². The quantitative estimate of drug-likeness (QED) is 0.899. The maximum Gasteiger partial charge on any atom is 0.231 e. The Hall–Kier alpha value is -1.39. The standard InChI is InChI=1S/C15H19NO3/c1-14(18-9-10-19-14)15(7-8-15)13(17)16-11-12-5-3-2-4-6-12/h2-6H,7-11H2,1H3,(H,16,17). The number of ether oxygens (including phenoxy) is 2. The van der Waals surface area contributed by atoms with Crippen molar-refractivity contribution in [2.24, 2.45) is 5.41 Å². The Balaban J connectivity index is 1.64. The highest BCUT2D eigenvalue weighted by molar-refractivity contribution is 5.86. The molecule has 3 rings (SSSR count). The lowest BCUT2D eigenvalue weighted by atomic mass is 9.95. The van der Waals surface area contributed by atoms with Crippen LogP contribution >= 0.6 is 0 Å². The molecule has 0 aromatic heterocycles. The topological polar surface area (TPSA) is 47.6 Å². The van der Waals surface area contributed by atoms with E-state index in [0.717, 1.165) is 18.4 Å². The van der Waals surface area contributed by atoms with Gasteiger partial charge in [0, 0.05) is 6.54 Å². The lowest BCUT2D eigenvalue weighted by Crippen LogP contribution is -2.47. The number of benzene rings is 1. The van der Waals surface area contributed by atoms with Gasteiger partial charge in [0.25, 0.3) is 0 Å². The second-order valence-electron chi connectivity index (χ2n) is 5.39. The normalized spacial score (nSPS) is 23.0. The molecule has 1 aromatic rings. The highest BCUT2D eigenvalue weighted by atomic mass is 16.7. The van der Waals surface area contributed by atoms with E-state index in [0.29, 0.717) is 19.8 Å². The molecular weight excluding hydrogens is 242 g/mol. The van der Waals surface area contributed by atoms with Crippen LogP contribution in [0.4, 0.5) is 0 Å². The third-order valence-corrected chi connectivity index (χ3v) is 4.19. The van der Waals surface area contributed by atoms with Gasteiger partial charge in [-0.3, -0.25) is 4.79 Å². The molecule has 102 valence electrons. The van der Waals surface area contributed by atoms with E-state index < -0.39 is 11.2 Å². The second kappa shape index (κ2) is 4.62. The third kappa shape index (κ3) is 2.15. The summed E-state index contributed by atoms with van der Waals surface area (Å²) in [6.45, 7) is 3.58. The molecule has 0 unspecified atom stereocenters. The van der Waals surface area contributed by atoms with Gasteiger partial charge in [-0.25, -0.2) is 0 Å². The van der Waals surface area contributed by atoms with Crippen LogP contribution in [0.2, 0.25) is 0 Å². The summed E-state index contributed by atoms with van der Waals surface area (Å²) in [6, 6.07) is 9.92. The lowest BCUT2D eigenvalue weighted by Gasteiger charge is -2.31. The molecule has 1 saturated carbocycles. The Morgan fingerprint density at radius 3 is 2.42 bits per heavy atom. The fraction of sp³-hybridized carbons (Fsp3) is 0.533. The summed E-state index contributed by atoms with van der Waals surface area (Å²) < 4.78 is 11.3. The largest absolute Gasteiger partial charge is 0.351 e. The molecule has 1 saturated heterocycles. The third-order valence-electron chi connectivity index (χ3n) is 4.19. The molecule has 19 heavy (non-hydrogen) atoms. The Kier molecular flexibility index (Phi) is 3.07. The van der Waals surface area contributed by atoms with Gasteiger partial charge in [0.1, 0.15) is 5.41 Å². The molecule has 1 N–H and O–H groups in total. The highest BCUT2D eigenvalue weighted by Gasteiger charge is 2.65. The highest BCUT2D eigenvalue weighted by Crippen LogP contribution is 2.57. The van der Waals surface area contributed by atoms with Crippen LogP contribution in [0, 0.1) is 5.41 Å². The maximum atomic E-state index is 12.4. The van der Waals surface area contributed by atoms with E-state index in [1.54, 1.807) is 0 Å². The van der Waals surface area contributed by atoms with Crippen molar-refractivity contribution in [3.63, 3.8) is 0 Å². The van der Waals surface area contributed by atoms with Crippen molar-refractivity contribution in [1.29, 1.82) is 0 Å². The van der Waals surface area contributed by atoms with E-state index in [2.05, 4.69) is 5.32 Å². The number of nitrogens with one attached hydrogen (secondary N) is 1. The Morgan fingerprint density at radius 1 is 1.21 bits per heavy atom. The minimum atomic E-state index is -0.742. The summed E-state index contributed by atoms with van der Waals surface area (Å²) in [5.74, 6) is -0.700. The van der Waals surface area contributed by atoms with Crippen molar-refractivity contribution in [3.8, 4) is 0 Å². The summed E-state index contributed by atoms with van der Waals surface area (Å²) in [4.78, 5) is 12.4. The minimum absolute atomic E-state index is 0.0424. The number of rotatable bonds is 4. The molecule has 0 spiro atoms. The molecule has 2 fully saturated rings. The van der Waals surface area contributed by atoms with Crippen molar-refractivity contribution in [1.82, 2.24) is 5.32 Å². The van der Waals surface area contributed by atoms with E-state index >= 15 is 0 Å². The van der Waals surface area contributed by atoms with Crippen molar-refractivity contribution in [2.75, 3.05) is 13.2 Å². The van der Waals surface area contributed by atoms with Crippen molar-refractivity contribution < 1.29 is 14.3 Å². The van der Waals surface area contributed by atoms with Gasteiger partial charge in [-0.2, -0.15) is 0 Å². The first-order valence-corrected chi connectivity index (χ1v) is 6.76.